The molecule has 0 heterocycles. The van der Waals surface area contributed by atoms with Crippen molar-refractivity contribution < 1.29 is 14.6 Å². The summed E-state index contributed by atoms with van der Waals surface area (Å²) in [7, 11) is 0. The van der Waals surface area contributed by atoms with Gasteiger partial charge in [-0.3, -0.25) is 4.79 Å². The number of rotatable bonds is 5. The van der Waals surface area contributed by atoms with Crippen LogP contribution in [0.5, 0.6) is 5.75 Å². The molecule has 1 unspecified atom stereocenters. The summed E-state index contributed by atoms with van der Waals surface area (Å²) < 4.78 is 5.37. The van der Waals surface area contributed by atoms with E-state index in [1.54, 1.807) is 19.1 Å². The number of amides is 1. The monoisotopic (exact) mass is 247 g/mol. The molecular formula is C14H17NO3. The highest BCUT2D eigenvalue weighted by Gasteiger charge is 2.07. The van der Waals surface area contributed by atoms with Gasteiger partial charge in [-0.05, 0) is 37.1 Å². The van der Waals surface area contributed by atoms with Crippen molar-refractivity contribution >= 4 is 5.91 Å². The predicted molar refractivity (Wildman–Crippen MR) is 69.2 cm³/mol. The highest BCUT2D eigenvalue weighted by atomic mass is 16.5. The third-order valence-corrected chi connectivity index (χ3v) is 2.43. The second-order valence-electron chi connectivity index (χ2n) is 3.97. The smallest absolute Gasteiger partial charge is 0.258 e. The second-order valence-corrected chi connectivity index (χ2v) is 3.97. The number of hydrogen-bond donors (Lipinski definition) is 2. The molecule has 2 N–H and O–H groups in total. The Labute approximate surface area is 107 Å². The Balaban J connectivity index is 2.58. The van der Waals surface area contributed by atoms with Gasteiger partial charge in [0.05, 0.1) is 12.6 Å². The fourth-order valence-corrected chi connectivity index (χ4v) is 1.44. The minimum absolute atomic E-state index is 0.0729. The van der Waals surface area contributed by atoms with Crippen molar-refractivity contribution in [3.63, 3.8) is 0 Å². The van der Waals surface area contributed by atoms with Gasteiger partial charge in [0.25, 0.3) is 5.91 Å². The molecule has 0 aliphatic carbocycles. The van der Waals surface area contributed by atoms with E-state index in [1.807, 2.05) is 13.0 Å². The minimum atomic E-state index is -0.517. The number of aryl methyl sites for hydroxylation is 1. The Morgan fingerprint density at radius 1 is 1.61 bits per heavy atom. The van der Waals surface area contributed by atoms with Gasteiger partial charge < -0.3 is 15.2 Å². The molecule has 0 aliphatic heterocycles. The topological polar surface area (TPSA) is 58.6 Å². The Morgan fingerprint density at radius 3 is 2.89 bits per heavy atom. The lowest BCUT2D eigenvalue weighted by atomic mass is 10.1. The summed E-state index contributed by atoms with van der Waals surface area (Å²) in [6.07, 6.45) is 4.51. The van der Waals surface area contributed by atoms with E-state index in [2.05, 4.69) is 11.2 Å². The van der Waals surface area contributed by atoms with Crippen LogP contribution < -0.4 is 10.1 Å². The molecule has 0 aromatic heterocycles. The number of benzene rings is 1. The summed E-state index contributed by atoms with van der Waals surface area (Å²) in [5.41, 5.74) is 1.69. The van der Waals surface area contributed by atoms with Crippen molar-refractivity contribution in [3.8, 4) is 18.1 Å². The number of aliphatic hydroxyl groups is 1. The number of ether oxygens (including phenoxy) is 1. The first kappa shape index (κ1) is 14.1. The molecule has 1 aromatic rings. The molecule has 0 saturated heterocycles. The van der Waals surface area contributed by atoms with Crippen LogP contribution in [0.2, 0.25) is 0 Å². The van der Waals surface area contributed by atoms with Crippen LogP contribution in [0, 0.1) is 19.3 Å². The van der Waals surface area contributed by atoms with E-state index in [9.17, 15) is 9.90 Å². The van der Waals surface area contributed by atoms with E-state index in [4.69, 9.17) is 11.2 Å². The van der Waals surface area contributed by atoms with Gasteiger partial charge in [0.2, 0.25) is 0 Å². The molecule has 4 heteroatoms. The molecule has 4 nitrogen and oxygen atoms in total. The standard InChI is InChI=1S/C14H17NO3/c1-4-7-15-14(17)9-18-13-6-5-12(11(3)16)8-10(13)2/h1,5-6,8,11,16H,7,9H2,2-3H3,(H,15,17). The van der Waals surface area contributed by atoms with Gasteiger partial charge >= 0.3 is 0 Å². The van der Waals surface area contributed by atoms with E-state index in [0.717, 1.165) is 11.1 Å². The molecule has 1 aromatic carbocycles. The van der Waals surface area contributed by atoms with Crippen molar-refractivity contribution in [1.29, 1.82) is 0 Å². The Morgan fingerprint density at radius 2 is 2.33 bits per heavy atom. The largest absolute Gasteiger partial charge is 0.484 e. The highest BCUT2D eigenvalue weighted by Crippen LogP contribution is 2.22. The van der Waals surface area contributed by atoms with Crippen LogP contribution in [0.1, 0.15) is 24.2 Å². The van der Waals surface area contributed by atoms with Gasteiger partial charge in [-0.15, -0.1) is 6.42 Å². The van der Waals surface area contributed by atoms with Crippen molar-refractivity contribution in [3.05, 3.63) is 29.3 Å². The first-order valence-corrected chi connectivity index (χ1v) is 5.66. The molecule has 0 spiro atoms. The van der Waals surface area contributed by atoms with E-state index in [1.165, 1.54) is 0 Å². The molecule has 1 atom stereocenters. The normalized spacial score (nSPS) is 11.4. The molecule has 0 bridgehead atoms. The SMILES string of the molecule is C#CCNC(=O)COc1ccc(C(C)O)cc1C. The lowest BCUT2D eigenvalue weighted by Crippen LogP contribution is -2.29. The highest BCUT2D eigenvalue weighted by molar-refractivity contribution is 5.77. The Bertz CT molecular complexity index is 461. The van der Waals surface area contributed by atoms with E-state index >= 15 is 0 Å². The molecule has 1 amide bonds. The average molecular weight is 247 g/mol. The van der Waals surface area contributed by atoms with Crippen LogP contribution in [0.4, 0.5) is 0 Å². The van der Waals surface area contributed by atoms with Crippen LogP contribution in [0.3, 0.4) is 0 Å². The Hall–Kier alpha value is -1.99. The maximum absolute atomic E-state index is 11.3. The van der Waals surface area contributed by atoms with Gasteiger partial charge in [0.15, 0.2) is 6.61 Å². The fourth-order valence-electron chi connectivity index (χ4n) is 1.44. The quantitative estimate of drug-likeness (QED) is 0.768. The van der Waals surface area contributed by atoms with E-state index in [-0.39, 0.29) is 19.1 Å². The third kappa shape index (κ3) is 4.11. The lowest BCUT2D eigenvalue weighted by Gasteiger charge is -2.11. The zero-order valence-corrected chi connectivity index (χ0v) is 10.6. The fraction of sp³-hybridized carbons (Fsp3) is 0.357. The van der Waals surface area contributed by atoms with Crippen molar-refractivity contribution in [2.75, 3.05) is 13.2 Å². The predicted octanol–water partition coefficient (Wildman–Crippen LogP) is 1.18. The number of nitrogens with one attached hydrogen (secondary N) is 1. The van der Waals surface area contributed by atoms with Crippen molar-refractivity contribution in [2.45, 2.75) is 20.0 Å². The molecule has 1 rings (SSSR count). The summed E-state index contributed by atoms with van der Waals surface area (Å²) in [4.78, 5) is 11.3. The first-order chi connectivity index (χ1) is 8.54. The lowest BCUT2D eigenvalue weighted by molar-refractivity contribution is -0.122. The van der Waals surface area contributed by atoms with Gasteiger partial charge in [0, 0.05) is 0 Å². The zero-order chi connectivity index (χ0) is 13.5. The second kappa shape index (κ2) is 6.67. The van der Waals surface area contributed by atoms with Gasteiger partial charge in [-0.2, -0.15) is 0 Å². The summed E-state index contributed by atoms with van der Waals surface area (Å²) in [5.74, 6) is 2.68. The van der Waals surface area contributed by atoms with Crippen LogP contribution in [0.15, 0.2) is 18.2 Å². The summed E-state index contributed by atoms with van der Waals surface area (Å²) >= 11 is 0. The van der Waals surface area contributed by atoms with E-state index < -0.39 is 6.10 Å². The third-order valence-electron chi connectivity index (χ3n) is 2.43. The number of hydrogen-bond acceptors (Lipinski definition) is 3. The van der Waals surface area contributed by atoms with Gasteiger partial charge in [-0.25, -0.2) is 0 Å². The number of carbonyl (C=O) groups is 1. The van der Waals surface area contributed by atoms with Crippen molar-refractivity contribution in [1.82, 2.24) is 5.32 Å². The molecule has 18 heavy (non-hydrogen) atoms. The van der Waals surface area contributed by atoms with Crippen LogP contribution in [-0.4, -0.2) is 24.2 Å². The Kier molecular flexibility index (Phi) is 5.22. The van der Waals surface area contributed by atoms with Crippen LogP contribution >= 0.6 is 0 Å². The summed E-state index contributed by atoms with van der Waals surface area (Å²) in [6, 6.07) is 5.34. The number of aliphatic hydroxyl groups excluding tert-OH is 1. The molecule has 96 valence electrons. The number of carbonyl (C=O) groups excluding carboxylic acids is 1. The number of terminal acetylenes is 1. The maximum Gasteiger partial charge on any atom is 0.258 e. The first-order valence-electron chi connectivity index (χ1n) is 5.66. The van der Waals surface area contributed by atoms with Gasteiger partial charge in [0.1, 0.15) is 5.75 Å². The van der Waals surface area contributed by atoms with Gasteiger partial charge in [-0.1, -0.05) is 12.0 Å². The molecule has 0 saturated carbocycles. The zero-order valence-electron chi connectivity index (χ0n) is 10.6. The van der Waals surface area contributed by atoms with Crippen LogP contribution in [0.25, 0.3) is 0 Å². The molecule has 0 fully saturated rings. The minimum Gasteiger partial charge on any atom is -0.484 e. The summed E-state index contributed by atoms with van der Waals surface area (Å²) in [5, 5.41) is 11.9. The molecule has 0 aliphatic rings. The maximum atomic E-state index is 11.3. The molecule has 0 radical (unpaired) electrons. The van der Waals surface area contributed by atoms with E-state index in [0.29, 0.717) is 5.75 Å². The molecular weight excluding hydrogens is 230 g/mol. The average Bonchev–Trinajstić information content (AvgIpc) is 2.34. The van der Waals surface area contributed by atoms with Crippen molar-refractivity contribution in [2.24, 2.45) is 0 Å². The van der Waals surface area contributed by atoms with Crippen LogP contribution in [-0.2, 0) is 4.79 Å². The summed E-state index contributed by atoms with van der Waals surface area (Å²) in [6.45, 7) is 3.68.